The Kier molecular flexibility index (Phi) is 7.98. The van der Waals surface area contributed by atoms with Crippen LogP contribution in [0, 0.1) is 0 Å². The maximum absolute atomic E-state index is 9.96. The normalized spacial score (nSPS) is 16.7. The van der Waals surface area contributed by atoms with Crippen LogP contribution in [-0.2, 0) is 0 Å². The Morgan fingerprint density at radius 1 is 0.611 bits per heavy atom. The van der Waals surface area contributed by atoms with E-state index in [1.807, 2.05) is 0 Å². The van der Waals surface area contributed by atoms with Crippen molar-refractivity contribution in [1.82, 2.24) is 0 Å². The maximum Gasteiger partial charge on any atom is 0.0781 e. The van der Waals surface area contributed by atoms with Crippen molar-refractivity contribution in [3.8, 4) is 0 Å². The van der Waals surface area contributed by atoms with Gasteiger partial charge in [-0.1, -0.05) is 65.0 Å². The van der Waals surface area contributed by atoms with Crippen molar-refractivity contribution in [1.29, 1.82) is 0 Å². The average Bonchev–Trinajstić information content (AvgIpc) is 2.19. The highest BCUT2D eigenvalue weighted by molar-refractivity contribution is 6.77. The first-order valence-electron chi connectivity index (χ1n) is 7.41. The summed E-state index contributed by atoms with van der Waals surface area (Å²) in [5, 5.41) is 19.9. The zero-order chi connectivity index (χ0) is 14.4. The van der Waals surface area contributed by atoms with Crippen molar-refractivity contribution in [3.05, 3.63) is 0 Å². The largest absolute Gasteiger partial charge is 0.397 e. The summed E-state index contributed by atoms with van der Waals surface area (Å²) >= 11 is 0. The number of rotatable bonds is 9. The van der Waals surface area contributed by atoms with E-state index in [2.05, 4.69) is 39.3 Å². The second-order valence-electron chi connectivity index (χ2n) is 7.76. The number of aliphatic hydroxyl groups excluding tert-OH is 2. The fourth-order valence-corrected chi connectivity index (χ4v) is 4.04. The minimum atomic E-state index is -1.35. The van der Waals surface area contributed by atoms with E-state index in [9.17, 15) is 10.2 Å². The van der Waals surface area contributed by atoms with Crippen LogP contribution in [-0.4, -0.2) is 37.8 Å². The second kappa shape index (κ2) is 7.83. The molecule has 0 amide bonds. The van der Waals surface area contributed by atoms with Gasteiger partial charge in [-0.2, -0.15) is 0 Å². The van der Waals surface area contributed by atoms with Crippen LogP contribution in [0.3, 0.4) is 0 Å². The molecule has 2 N–H and O–H groups in total. The Bertz CT molecular complexity index is 195. The van der Waals surface area contributed by atoms with Gasteiger partial charge in [-0.3, -0.25) is 0 Å². The van der Waals surface area contributed by atoms with Gasteiger partial charge in [0.25, 0.3) is 0 Å². The molecular formula is C14H34O2Si2. The quantitative estimate of drug-likeness (QED) is 0.501. The van der Waals surface area contributed by atoms with Gasteiger partial charge < -0.3 is 10.2 Å². The zero-order valence-corrected chi connectivity index (χ0v) is 15.3. The van der Waals surface area contributed by atoms with Crippen molar-refractivity contribution < 1.29 is 10.2 Å². The Morgan fingerprint density at radius 2 is 0.889 bits per heavy atom. The molecule has 0 radical (unpaired) electrons. The molecule has 4 heteroatoms. The standard InChI is InChI=1S/C14H34O2Si2/c1-17(2,3)13(15)11-9-7-8-10-12-14(16)18(4,5)6/h13-16H,7-12H2,1-6H3. The third-order valence-electron chi connectivity index (χ3n) is 3.70. The minimum Gasteiger partial charge on any atom is -0.397 e. The monoisotopic (exact) mass is 290 g/mol. The molecule has 2 atom stereocenters. The Morgan fingerprint density at radius 3 is 1.11 bits per heavy atom. The van der Waals surface area contributed by atoms with Gasteiger partial charge in [0.1, 0.15) is 0 Å². The molecule has 2 nitrogen and oxygen atoms in total. The van der Waals surface area contributed by atoms with Gasteiger partial charge in [0.05, 0.1) is 16.1 Å². The van der Waals surface area contributed by atoms with E-state index in [0.29, 0.717) is 0 Å². The lowest BCUT2D eigenvalue weighted by molar-refractivity contribution is 0.222. The lowest BCUT2D eigenvalue weighted by Crippen LogP contribution is -2.38. The third-order valence-corrected chi connectivity index (χ3v) is 8.28. The smallest absolute Gasteiger partial charge is 0.0781 e. The molecule has 2 unspecified atom stereocenters. The number of hydrogen-bond donors (Lipinski definition) is 2. The topological polar surface area (TPSA) is 40.5 Å². The Balaban J connectivity index is 3.53. The first kappa shape index (κ1) is 18.4. The summed E-state index contributed by atoms with van der Waals surface area (Å²) in [5.74, 6) is 0. The van der Waals surface area contributed by atoms with Gasteiger partial charge >= 0.3 is 0 Å². The number of hydrogen-bond acceptors (Lipinski definition) is 2. The van der Waals surface area contributed by atoms with Crippen molar-refractivity contribution >= 4 is 16.1 Å². The summed E-state index contributed by atoms with van der Waals surface area (Å²) in [6, 6.07) is 0. The highest BCUT2D eigenvalue weighted by Crippen LogP contribution is 2.17. The predicted molar refractivity (Wildman–Crippen MR) is 86.4 cm³/mol. The van der Waals surface area contributed by atoms with E-state index in [1.165, 1.54) is 12.8 Å². The van der Waals surface area contributed by atoms with Crippen molar-refractivity contribution in [2.24, 2.45) is 0 Å². The number of aliphatic hydroxyl groups is 2. The SMILES string of the molecule is C[Si](C)(C)C(O)CCCCCCC(O)[Si](C)(C)C. The van der Waals surface area contributed by atoms with Crippen LogP contribution >= 0.6 is 0 Å². The summed E-state index contributed by atoms with van der Waals surface area (Å²) in [4.78, 5) is 0. The van der Waals surface area contributed by atoms with E-state index in [0.717, 1.165) is 25.7 Å². The van der Waals surface area contributed by atoms with Crippen molar-refractivity contribution in [2.75, 3.05) is 0 Å². The van der Waals surface area contributed by atoms with Crippen LogP contribution < -0.4 is 0 Å². The van der Waals surface area contributed by atoms with Crippen molar-refractivity contribution in [2.45, 2.75) is 89.3 Å². The molecule has 110 valence electrons. The molecule has 0 heterocycles. The first-order chi connectivity index (χ1) is 8.05. The molecule has 0 saturated carbocycles. The molecule has 0 aliphatic carbocycles. The predicted octanol–water partition coefficient (Wildman–Crippen LogP) is 3.80. The van der Waals surface area contributed by atoms with E-state index >= 15 is 0 Å². The van der Waals surface area contributed by atoms with Crippen LogP contribution in [0.15, 0.2) is 0 Å². The van der Waals surface area contributed by atoms with Crippen LogP contribution in [0.2, 0.25) is 39.3 Å². The van der Waals surface area contributed by atoms with Crippen LogP contribution in [0.25, 0.3) is 0 Å². The van der Waals surface area contributed by atoms with E-state index < -0.39 is 16.1 Å². The van der Waals surface area contributed by atoms with Gasteiger partial charge in [-0.25, -0.2) is 0 Å². The highest BCUT2D eigenvalue weighted by Gasteiger charge is 2.24. The average molecular weight is 291 g/mol. The van der Waals surface area contributed by atoms with Gasteiger partial charge in [-0.15, -0.1) is 0 Å². The van der Waals surface area contributed by atoms with Crippen LogP contribution in [0.4, 0.5) is 0 Å². The lowest BCUT2D eigenvalue weighted by atomic mass is 10.1. The molecule has 0 rings (SSSR count). The van der Waals surface area contributed by atoms with Gasteiger partial charge in [0.2, 0.25) is 0 Å². The summed E-state index contributed by atoms with van der Waals surface area (Å²) in [5.41, 5.74) is -0.102. The molecule has 0 aromatic rings. The maximum atomic E-state index is 9.96. The minimum absolute atomic E-state index is 0.0509. The summed E-state index contributed by atoms with van der Waals surface area (Å²) in [6.07, 6.45) is 6.58. The molecule has 0 aromatic carbocycles. The Labute approximate surface area is 116 Å². The second-order valence-corrected chi connectivity index (χ2v) is 18.6. The summed E-state index contributed by atoms with van der Waals surface area (Å²) in [6.45, 7) is 13.3. The zero-order valence-electron chi connectivity index (χ0n) is 13.3. The molecule has 0 fully saturated rings. The molecule has 18 heavy (non-hydrogen) atoms. The third kappa shape index (κ3) is 8.45. The first-order valence-corrected chi connectivity index (χ1v) is 14.6. The van der Waals surface area contributed by atoms with Gasteiger partial charge in [-0.05, 0) is 12.8 Å². The van der Waals surface area contributed by atoms with Gasteiger partial charge in [0, 0.05) is 11.5 Å². The Hall–Kier alpha value is 0.354. The molecule has 0 aliphatic rings. The van der Waals surface area contributed by atoms with Crippen LogP contribution in [0.1, 0.15) is 38.5 Å². The molecule has 0 spiro atoms. The fraction of sp³-hybridized carbons (Fsp3) is 1.00. The van der Waals surface area contributed by atoms with E-state index in [-0.39, 0.29) is 11.5 Å². The molecule has 0 aliphatic heterocycles. The molecule has 0 saturated heterocycles. The lowest BCUT2D eigenvalue weighted by Gasteiger charge is -2.24. The number of unbranched alkanes of at least 4 members (excludes halogenated alkanes) is 3. The van der Waals surface area contributed by atoms with Crippen LogP contribution in [0.5, 0.6) is 0 Å². The summed E-state index contributed by atoms with van der Waals surface area (Å²) in [7, 11) is -2.70. The molecular weight excluding hydrogens is 256 g/mol. The van der Waals surface area contributed by atoms with E-state index in [1.54, 1.807) is 0 Å². The fourth-order valence-electron chi connectivity index (χ4n) is 1.89. The summed E-state index contributed by atoms with van der Waals surface area (Å²) < 4.78 is 0. The van der Waals surface area contributed by atoms with E-state index in [4.69, 9.17) is 0 Å². The van der Waals surface area contributed by atoms with Gasteiger partial charge in [0.15, 0.2) is 0 Å². The van der Waals surface area contributed by atoms with Crippen molar-refractivity contribution in [3.63, 3.8) is 0 Å². The molecule has 0 bridgehead atoms. The molecule has 0 aromatic heterocycles. The highest BCUT2D eigenvalue weighted by atomic mass is 28.3.